The lowest BCUT2D eigenvalue weighted by molar-refractivity contribution is 0.0950. The molecule has 1 amide bonds. The predicted octanol–water partition coefficient (Wildman–Crippen LogP) is 0.759. The highest BCUT2D eigenvalue weighted by Gasteiger charge is 2.22. The first-order chi connectivity index (χ1) is 8.13. The second kappa shape index (κ2) is 7.50. The van der Waals surface area contributed by atoms with Gasteiger partial charge in [0.25, 0.3) is 0 Å². The van der Waals surface area contributed by atoms with Gasteiger partial charge in [-0.1, -0.05) is 0 Å². The molecule has 17 heavy (non-hydrogen) atoms. The highest BCUT2D eigenvalue weighted by atomic mass is 16.6. The van der Waals surface area contributed by atoms with Gasteiger partial charge in [0.05, 0.1) is 6.61 Å². The summed E-state index contributed by atoms with van der Waals surface area (Å²) in [7, 11) is 4.15. The van der Waals surface area contributed by atoms with E-state index in [1.54, 1.807) is 4.90 Å². The Balaban J connectivity index is 2.15. The lowest BCUT2D eigenvalue weighted by Gasteiger charge is -2.32. The molecule has 0 aromatic rings. The zero-order chi connectivity index (χ0) is 12.7. The molecule has 1 saturated heterocycles. The summed E-state index contributed by atoms with van der Waals surface area (Å²) in [6.07, 6.45) is 1.87. The molecule has 100 valence electrons. The Bertz CT molecular complexity index is 226. The quantitative estimate of drug-likeness (QED) is 0.774. The minimum Gasteiger partial charge on any atom is -0.450 e. The highest BCUT2D eigenvalue weighted by Crippen LogP contribution is 2.11. The molecular weight excluding hydrogens is 218 g/mol. The van der Waals surface area contributed by atoms with Gasteiger partial charge in [0.15, 0.2) is 0 Å². The first kappa shape index (κ1) is 14.3. The van der Waals surface area contributed by atoms with Crippen molar-refractivity contribution in [2.75, 3.05) is 46.9 Å². The number of likely N-dealkylation sites (N-methyl/N-ethyl adjacent to an activating group) is 1. The van der Waals surface area contributed by atoms with Crippen LogP contribution in [0.3, 0.4) is 0 Å². The molecule has 1 aliphatic rings. The number of hydrogen-bond donors (Lipinski definition) is 1. The summed E-state index contributed by atoms with van der Waals surface area (Å²) >= 11 is 0. The van der Waals surface area contributed by atoms with Crippen molar-refractivity contribution in [1.82, 2.24) is 15.1 Å². The molecule has 0 bridgehead atoms. The number of nitrogens with zero attached hydrogens (tertiary/aromatic N) is 2. The van der Waals surface area contributed by atoms with Crippen LogP contribution < -0.4 is 5.32 Å². The fourth-order valence-electron chi connectivity index (χ4n) is 1.97. The van der Waals surface area contributed by atoms with Crippen LogP contribution in [-0.4, -0.2) is 68.8 Å². The van der Waals surface area contributed by atoms with Crippen LogP contribution in [0.1, 0.15) is 19.8 Å². The zero-order valence-corrected chi connectivity index (χ0v) is 11.2. The van der Waals surface area contributed by atoms with E-state index in [2.05, 4.69) is 24.3 Å². The summed E-state index contributed by atoms with van der Waals surface area (Å²) < 4.78 is 4.99. The minimum atomic E-state index is -0.167. The van der Waals surface area contributed by atoms with E-state index < -0.39 is 0 Å². The minimum absolute atomic E-state index is 0.167. The number of carbonyl (C=O) groups excluding carboxylic acids is 1. The Morgan fingerprint density at radius 2 is 2.06 bits per heavy atom. The predicted molar refractivity (Wildman–Crippen MR) is 68.2 cm³/mol. The molecule has 5 nitrogen and oxygen atoms in total. The molecule has 0 aromatic heterocycles. The van der Waals surface area contributed by atoms with Crippen molar-refractivity contribution >= 4 is 6.09 Å². The van der Waals surface area contributed by atoms with Gasteiger partial charge in [-0.3, -0.25) is 0 Å². The Hall–Kier alpha value is -0.810. The average molecular weight is 243 g/mol. The van der Waals surface area contributed by atoms with E-state index in [0.717, 1.165) is 39.0 Å². The summed E-state index contributed by atoms with van der Waals surface area (Å²) in [5, 5.41) is 3.52. The summed E-state index contributed by atoms with van der Waals surface area (Å²) in [5.41, 5.74) is 0. The molecule has 1 N–H and O–H groups in total. The number of hydrogen-bond acceptors (Lipinski definition) is 4. The van der Waals surface area contributed by atoms with E-state index in [9.17, 15) is 4.79 Å². The molecular formula is C12H25N3O2. The van der Waals surface area contributed by atoms with Crippen molar-refractivity contribution in [3.8, 4) is 0 Å². The number of carbonyl (C=O) groups is 1. The van der Waals surface area contributed by atoms with Crippen molar-refractivity contribution < 1.29 is 9.53 Å². The van der Waals surface area contributed by atoms with Crippen LogP contribution in [0, 0.1) is 0 Å². The van der Waals surface area contributed by atoms with Crippen LogP contribution in [0.2, 0.25) is 0 Å². The van der Waals surface area contributed by atoms with Crippen molar-refractivity contribution in [3.63, 3.8) is 0 Å². The summed E-state index contributed by atoms with van der Waals surface area (Å²) in [5.74, 6) is 0. The average Bonchev–Trinajstić information content (AvgIpc) is 2.30. The maximum atomic E-state index is 11.5. The van der Waals surface area contributed by atoms with Gasteiger partial charge in [-0.15, -0.1) is 0 Å². The molecule has 1 rings (SSSR count). The molecule has 0 aliphatic carbocycles. The van der Waals surface area contributed by atoms with Gasteiger partial charge in [0, 0.05) is 32.2 Å². The third-order valence-electron chi connectivity index (χ3n) is 3.01. The van der Waals surface area contributed by atoms with Crippen molar-refractivity contribution in [3.05, 3.63) is 0 Å². The number of likely N-dealkylation sites (tertiary alicyclic amines) is 1. The third-order valence-corrected chi connectivity index (χ3v) is 3.01. The lowest BCUT2D eigenvalue weighted by atomic mass is 10.1. The van der Waals surface area contributed by atoms with Gasteiger partial charge in [-0.25, -0.2) is 4.79 Å². The Morgan fingerprint density at radius 3 is 2.59 bits per heavy atom. The summed E-state index contributed by atoms with van der Waals surface area (Å²) in [6.45, 7) is 5.97. The number of rotatable bonds is 5. The number of ether oxygens (including phenoxy) is 1. The molecule has 1 fully saturated rings. The molecule has 0 spiro atoms. The van der Waals surface area contributed by atoms with E-state index in [0.29, 0.717) is 12.6 Å². The fraction of sp³-hybridized carbons (Fsp3) is 0.917. The van der Waals surface area contributed by atoms with Crippen LogP contribution in [-0.2, 0) is 4.74 Å². The van der Waals surface area contributed by atoms with Crippen LogP contribution in [0.25, 0.3) is 0 Å². The van der Waals surface area contributed by atoms with E-state index in [1.165, 1.54) is 0 Å². The van der Waals surface area contributed by atoms with Gasteiger partial charge in [0.1, 0.15) is 0 Å². The van der Waals surface area contributed by atoms with Crippen LogP contribution in [0.5, 0.6) is 0 Å². The van der Waals surface area contributed by atoms with Gasteiger partial charge in [0.2, 0.25) is 0 Å². The zero-order valence-electron chi connectivity index (χ0n) is 11.2. The van der Waals surface area contributed by atoms with Gasteiger partial charge >= 0.3 is 6.09 Å². The number of nitrogens with one attached hydrogen (secondary N) is 1. The highest BCUT2D eigenvalue weighted by molar-refractivity contribution is 5.67. The van der Waals surface area contributed by atoms with Crippen LogP contribution >= 0.6 is 0 Å². The van der Waals surface area contributed by atoms with Gasteiger partial charge in [-0.2, -0.15) is 0 Å². The standard InChI is InChI=1S/C12H25N3O2/c1-4-17-12(16)15-8-5-11(6-9-15)13-7-10-14(2)3/h11,13H,4-10H2,1-3H3. The summed E-state index contributed by atoms with van der Waals surface area (Å²) in [4.78, 5) is 15.5. The molecule has 0 aromatic carbocycles. The Morgan fingerprint density at radius 1 is 1.41 bits per heavy atom. The van der Waals surface area contributed by atoms with Gasteiger partial charge < -0.3 is 19.9 Å². The molecule has 0 radical (unpaired) electrons. The first-order valence-electron chi connectivity index (χ1n) is 6.43. The van der Waals surface area contributed by atoms with Crippen LogP contribution in [0.15, 0.2) is 0 Å². The van der Waals surface area contributed by atoms with Crippen molar-refractivity contribution in [2.24, 2.45) is 0 Å². The molecule has 0 atom stereocenters. The second-order valence-corrected chi connectivity index (χ2v) is 4.72. The number of piperidine rings is 1. The summed E-state index contributed by atoms with van der Waals surface area (Å²) in [6, 6.07) is 0.542. The molecule has 1 aliphatic heterocycles. The molecule has 0 unspecified atom stereocenters. The molecule has 1 heterocycles. The van der Waals surface area contributed by atoms with E-state index >= 15 is 0 Å². The second-order valence-electron chi connectivity index (χ2n) is 4.72. The normalized spacial score (nSPS) is 17.5. The Labute approximate surface area is 104 Å². The molecule has 0 saturated carbocycles. The monoisotopic (exact) mass is 243 g/mol. The van der Waals surface area contributed by atoms with E-state index in [-0.39, 0.29) is 6.09 Å². The first-order valence-corrected chi connectivity index (χ1v) is 6.43. The SMILES string of the molecule is CCOC(=O)N1CCC(NCCN(C)C)CC1. The topological polar surface area (TPSA) is 44.8 Å². The van der Waals surface area contributed by atoms with Crippen molar-refractivity contribution in [1.29, 1.82) is 0 Å². The smallest absolute Gasteiger partial charge is 0.409 e. The maximum Gasteiger partial charge on any atom is 0.409 e. The molecule has 5 heteroatoms. The van der Waals surface area contributed by atoms with E-state index in [4.69, 9.17) is 4.74 Å². The van der Waals surface area contributed by atoms with E-state index in [1.807, 2.05) is 6.92 Å². The van der Waals surface area contributed by atoms with Crippen molar-refractivity contribution in [2.45, 2.75) is 25.8 Å². The largest absolute Gasteiger partial charge is 0.450 e. The maximum absolute atomic E-state index is 11.5. The van der Waals surface area contributed by atoms with Gasteiger partial charge in [-0.05, 0) is 33.9 Å². The lowest BCUT2D eigenvalue weighted by Crippen LogP contribution is -2.46. The third kappa shape index (κ3) is 5.37. The number of amides is 1. The fourth-order valence-corrected chi connectivity index (χ4v) is 1.97. The van der Waals surface area contributed by atoms with Crippen LogP contribution in [0.4, 0.5) is 4.79 Å². The Kier molecular flexibility index (Phi) is 6.29.